The number of hydrogen-bond donors (Lipinski definition) is 0. The standard InChI is InChI=1S/C16H25N2O/c1-17(2)12-8-3-4-9-13-18(15-19)14-16-10-6-5-7-11-16/h5-7,10-11H,3-4,8-9,12-14H2,1-2H3. The lowest BCUT2D eigenvalue weighted by molar-refractivity contribution is 0.354. The summed E-state index contributed by atoms with van der Waals surface area (Å²) in [6.45, 7) is 2.62. The van der Waals surface area contributed by atoms with Gasteiger partial charge in [0.15, 0.2) is 0 Å². The van der Waals surface area contributed by atoms with Gasteiger partial charge in [0.25, 0.3) is 0 Å². The Balaban J connectivity index is 2.14. The maximum absolute atomic E-state index is 10.9. The van der Waals surface area contributed by atoms with Gasteiger partial charge in [0, 0.05) is 13.1 Å². The predicted molar refractivity (Wildman–Crippen MR) is 79.6 cm³/mol. The van der Waals surface area contributed by atoms with Crippen molar-refractivity contribution in [3.05, 3.63) is 35.9 Å². The third-order valence-corrected chi connectivity index (χ3v) is 3.13. The highest BCUT2D eigenvalue weighted by Crippen LogP contribution is 2.06. The van der Waals surface area contributed by atoms with Crippen LogP contribution in [-0.2, 0) is 11.3 Å². The average Bonchev–Trinajstić information content (AvgIpc) is 2.42. The number of nitrogens with zero attached hydrogens (tertiary/aromatic N) is 2. The molecule has 0 aliphatic rings. The molecule has 0 fully saturated rings. The first-order valence-corrected chi connectivity index (χ1v) is 7.04. The van der Waals surface area contributed by atoms with E-state index in [2.05, 4.69) is 19.0 Å². The Kier molecular flexibility index (Phi) is 7.91. The number of rotatable bonds is 10. The zero-order chi connectivity index (χ0) is 13.9. The van der Waals surface area contributed by atoms with E-state index < -0.39 is 0 Å². The molecule has 0 spiro atoms. The Morgan fingerprint density at radius 2 is 1.58 bits per heavy atom. The number of amides is 1. The lowest BCUT2D eigenvalue weighted by Crippen LogP contribution is -2.22. The summed E-state index contributed by atoms with van der Waals surface area (Å²) in [6, 6.07) is 10.1. The Bertz CT molecular complexity index is 338. The fourth-order valence-corrected chi connectivity index (χ4v) is 2.05. The maximum Gasteiger partial charge on any atom is 0.312 e. The van der Waals surface area contributed by atoms with Crippen molar-refractivity contribution >= 4 is 6.41 Å². The van der Waals surface area contributed by atoms with Gasteiger partial charge in [0.1, 0.15) is 0 Å². The van der Waals surface area contributed by atoms with Crippen LogP contribution in [0.15, 0.2) is 30.3 Å². The highest BCUT2D eigenvalue weighted by Gasteiger charge is 2.03. The molecular weight excluding hydrogens is 236 g/mol. The van der Waals surface area contributed by atoms with Crippen LogP contribution in [0.5, 0.6) is 0 Å². The molecule has 0 saturated carbocycles. The maximum atomic E-state index is 10.9. The fourth-order valence-electron chi connectivity index (χ4n) is 2.05. The summed E-state index contributed by atoms with van der Waals surface area (Å²) in [6.07, 6.45) is 6.75. The molecule has 0 atom stereocenters. The van der Waals surface area contributed by atoms with Crippen LogP contribution in [0.4, 0.5) is 0 Å². The van der Waals surface area contributed by atoms with E-state index in [-0.39, 0.29) is 0 Å². The molecule has 3 nitrogen and oxygen atoms in total. The molecule has 0 bridgehead atoms. The van der Waals surface area contributed by atoms with Crippen molar-refractivity contribution in [3.63, 3.8) is 0 Å². The SMILES string of the molecule is CN(C)CCCCCCN([C]=O)Cc1ccccc1. The van der Waals surface area contributed by atoms with Crippen molar-refractivity contribution in [3.8, 4) is 0 Å². The second-order valence-electron chi connectivity index (χ2n) is 5.22. The van der Waals surface area contributed by atoms with Crippen LogP contribution in [0.25, 0.3) is 0 Å². The van der Waals surface area contributed by atoms with E-state index in [4.69, 9.17) is 0 Å². The molecule has 1 radical (unpaired) electrons. The summed E-state index contributed by atoms with van der Waals surface area (Å²) in [5.41, 5.74) is 1.17. The van der Waals surface area contributed by atoms with Gasteiger partial charge in [-0.25, -0.2) is 0 Å². The minimum Gasteiger partial charge on any atom is -0.330 e. The fraction of sp³-hybridized carbons (Fsp3) is 0.562. The van der Waals surface area contributed by atoms with E-state index in [0.29, 0.717) is 6.54 Å². The van der Waals surface area contributed by atoms with Crippen LogP contribution in [0, 0.1) is 0 Å². The quantitative estimate of drug-likeness (QED) is 0.477. The predicted octanol–water partition coefficient (Wildman–Crippen LogP) is 2.68. The summed E-state index contributed by atoms with van der Waals surface area (Å²) in [7, 11) is 4.20. The van der Waals surface area contributed by atoms with E-state index in [1.807, 2.05) is 36.7 Å². The number of unbranched alkanes of at least 4 members (excludes halogenated alkanes) is 3. The van der Waals surface area contributed by atoms with Crippen LogP contribution in [0.3, 0.4) is 0 Å². The van der Waals surface area contributed by atoms with Gasteiger partial charge in [-0.1, -0.05) is 43.2 Å². The first-order chi connectivity index (χ1) is 9.22. The molecule has 1 rings (SSSR count). The average molecular weight is 261 g/mol. The number of carbonyl (C=O) groups excluding carboxylic acids is 1. The Morgan fingerprint density at radius 1 is 0.947 bits per heavy atom. The molecule has 0 N–H and O–H groups in total. The molecule has 19 heavy (non-hydrogen) atoms. The van der Waals surface area contributed by atoms with E-state index in [0.717, 1.165) is 19.5 Å². The second-order valence-corrected chi connectivity index (χ2v) is 5.22. The van der Waals surface area contributed by atoms with Gasteiger partial charge >= 0.3 is 6.41 Å². The van der Waals surface area contributed by atoms with Crippen molar-refractivity contribution in [2.75, 3.05) is 27.2 Å². The smallest absolute Gasteiger partial charge is 0.312 e. The van der Waals surface area contributed by atoms with Crippen LogP contribution >= 0.6 is 0 Å². The molecule has 105 valence electrons. The molecule has 0 heterocycles. The Labute approximate surface area is 117 Å². The molecule has 1 aromatic carbocycles. The Morgan fingerprint density at radius 3 is 2.16 bits per heavy atom. The topological polar surface area (TPSA) is 23.6 Å². The van der Waals surface area contributed by atoms with E-state index in [1.165, 1.54) is 24.8 Å². The van der Waals surface area contributed by atoms with E-state index >= 15 is 0 Å². The highest BCUT2D eigenvalue weighted by atomic mass is 16.1. The largest absolute Gasteiger partial charge is 0.330 e. The van der Waals surface area contributed by atoms with Gasteiger partial charge in [-0.05, 0) is 39.0 Å². The first kappa shape index (κ1) is 15.7. The third kappa shape index (κ3) is 7.62. The number of hydrogen-bond acceptors (Lipinski definition) is 2. The van der Waals surface area contributed by atoms with Gasteiger partial charge in [-0.3, -0.25) is 4.79 Å². The highest BCUT2D eigenvalue weighted by molar-refractivity contribution is 5.48. The lowest BCUT2D eigenvalue weighted by atomic mass is 10.1. The summed E-state index contributed by atoms with van der Waals surface area (Å²) in [4.78, 5) is 14.9. The van der Waals surface area contributed by atoms with Crippen LogP contribution in [0.2, 0.25) is 0 Å². The molecule has 0 aliphatic heterocycles. The first-order valence-electron chi connectivity index (χ1n) is 7.04. The van der Waals surface area contributed by atoms with Crippen LogP contribution in [0.1, 0.15) is 31.2 Å². The summed E-state index contributed by atoms with van der Waals surface area (Å²) < 4.78 is 0. The van der Waals surface area contributed by atoms with Crippen molar-refractivity contribution < 1.29 is 4.79 Å². The van der Waals surface area contributed by atoms with Crippen LogP contribution in [-0.4, -0.2) is 43.4 Å². The summed E-state index contributed by atoms with van der Waals surface area (Å²) >= 11 is 0. The number of benzene rings is 1. The van der Waals surface area contributed by atoms with Gasteiger partial charge in [-0.2, -0.15) is 0 Å². The lowest BCUT2D eigenvalue weighted by Gasteiger charge is -2.16. The Hall–Kier alpha value is -1.35. The molecule has 0 unspecified atom stereocenters. The molecule has 0 aliphatic carbocycles. The minimum atomic E-state index is 0.669. The van der Waals surface area contributed by atoms with Gasteiger partial charge in [-0.15, -0.1) is 0 Å². The molecule has 0 aromatic heterocycles. The zero-order valence-corrected chi connectivity index (χ0v) is 12.1. The van der Waals surface area contributed by atoms with Crippen molar-refractivity contribution in [2.24, 2.45) is 0 Å². The molecule has 0 saturated heterocycles. The molecular formula is C16H25N2O. The summed E-state index contributed by atoms with van der Waals surface area (Å²) in [5, 5.41) is 0. The third-order valence-electron chi connectivity index (χ3n) is 3.13. The van der Waals surface area contributed by atoms with Crippen molar-refractivity contribution in [1.29, 1.82) is 0 Å². The van der Waals surface area contributed by atoms with Gasteiger partial charge in [0.05, 0.1) is 0 Å². The van der Waals surface area contributed by atoms with Gasteiger partial charge < -0.3 is 9.80 Å². The van der Waals surface area contributed by atoms with Crippen molar-refractivity contribution in [1.82, 2.24) is 9.80 Å². The van der Waals surface area contributed by atoms with E-state index in [9.17, 15) is 4.79 Å². The van der Waals surface area contributed by atoms with Crippen LogP contribution < -0.4 is 0 Å². The molecule has 1 aromatic rings. The van der Waals surface area contributed by atoms with E-state index in [1.54, 1.807) is 4.90 Å². The molecule has 1 amide bonds. The zero-order valence-electron chi connectivity index (χ0n) is 12.1. The summed E-state index contributed by atoms with van der Waals surface area (Å²) in [5.74, 6) is 0. The monoisotopic (exact) mass is 261 g/mol. The molecule has 3 heteroatoms. The van der Waals surface area contributed by atoms with Gasteiger partial charge in [0.2, 0.25) is 0 Å². The van der Waals surface area contributed by atoms with Crippen molar-refractivity contribution in [2.45, 2.75) is 32.2 Å². The minimum absolute atomic E-state index is 0.669. The second kappa shape index (κ2) is 9.56. The normalized spacial score (nSPS) is 10.7.